The highest BCUT2D eigenvalue weighted by Gasteiger charge is 2.25. The van der Waals surface area contributed by atoms with E-state index in [4.69, 9.17) is 5.11 Å². The summed E-state index contributed by atoms with van der Waals surface area (Å²) < 4.78 is 0. The Kier molecular flexibility index (Phi) is 7.73. The number of amides is 1. The van der Waals surface area contributed by atoms with Crippen molar-refractivity contribution in [1.82, 2.24) is 15.6 Å². The van der Waals surface area contributed by atoms with Crippen LogP contribution in [0, 0.1) is 11.8 Å². The number of hydrogen-bond acceptors (Lipinski definition) is 7. The van der Waals surface area contributed by atoms with E-state index in [1.807, 2.05) is 12.1 Å². The molecule has 1 aromatic heterocycles. The molecular weight excluding hydrogens is 396 g/mol. The highest BCUT2D eigenvalue weighted by Crippen LogP contribution is 2.12. The second-order valence-corrected chi connectivity index (χ2v) is 7.29. The molecule has 0 radical (unpaired) electrons. The number of piperazine rings is 1. The smallest absolute Gasteiger partial charge is 0.251 e. The van der Waals surface area contributed by atoms with Gasteiger partial charge >= 0.3 is 0 Å². The lowest BCUT2D eigenvalue weighted by Crippen LogP contribution is -2.48. The first kappa shape index (κ1) is 22.4. The molecule has 31 heavy (non-hydrogen) atoms. The molecule has 2 atom stereocenters. The molecule has 0 bridgehead atoms. The zero-order valence-electron chi connectivity index (χ0n) is 17.3. The van der Waals surface area contributed by atoms with E-state index in [-0.39, 0.29) is 0 Å². The van der Waals surface area contributed by atoms with Crippen molar-refractivity contribution in [3.05, 3.63) is 59.3 Å². The molecule has 1 aliphatic rings. The van der Waals surface area contributed by atoms with Crippen molar-refractivity contribution in [3.63, 3.8) is 0 Å². The molecule has 1 amide bonds. The van der Waals surface area contributed by atoms with Crippen LogP contribution in [0.25, 0.3) is 0 Å². The van der Waals surface area contributed by atoms with Gasteiger partial charge in [0.2, 0.25) is 0 Å². The lowest BCUT2D eigenvalue weighted by Gasteiger charge is -2.28. The highest BCUT2D eigenvalue weighted by molar-refractivity contribution is 5.98. The number of rotatable bonds is 6. The van der Waals surface area contributed by atoms with Crippen LogP contribution in [-0.4, -0.2) is 71.8 Å². The fraction of sp³-hybridized carbons (Fsp3) is 0.348. The Bertz CT molecular complexity index is 956. The van der Waals surface area contributed by atoms with Gasteiger partial charge in [-0.1, -0.05) is 11.8 Å². The third-order valence-electron chi connectivity index (χ3n) is 4.96. The molecule has 4 N–H and O–H groups in total. The average molecular weight is 422 g/mol. The van der Waals surface area contributed by atoms with Crippen LogP contribution < -0.4 is 15.5 Å². The lowest BCUT2D eigenvalue weighted by atomic mass is 10.1. The van der Waals surface area contributed by atoms with E-state index in [0.717, 1.165) is 43.1 Å². The molecule has 2 heterocycles. The minimum Gasteiger partial charge on any atom is -0.391 e. The van der Waals surface area contributed by atoms with E-state index < -0.39 is 30.4 Å². The second-order valence-electron chi connectivity index (χ2n) is 7.29. The van der Waals surface area contributed by atoms with Gasteiger partial charge in [0.15, 0.2) is 5.78 Å². The standard InChI is InChI=1S/C23H26N4O4/c1-16(29)22(20(30)15-28)26-23(31)19-7-4-17(5-8-19)2-3-18-6-9-21(25-14-18)27-12-10-24-11-13-27/h4-9,14,16,22,24,28-29H,10-13,15H2,1H3,(H,26,31)/t16-,22+/m1/s1. The van der Waals surface area contributed by atoms with Crippen molar-refractivity contribution < 1.29 is 19.8 Å². The Balaban J connectivity index is 1.62. The monoisotopic (exact) mass is 422 g/mol. The Morgan fingerprint density at radius 3 is 2.35 bits per heavy atom. The Morgan fingerprint density at radius 2 is 1.77 bits per heavy atom. The maximum Gasteiger partial charge on any atom is 0.251 e. The number of aliphatic hydroxyl groups excluding tert-OH is 2. The van der Waals surface area contributed by atoms with Crippen molar-refractivity contribution in [2.75, 3.05) is 37.7 Å². The molecular formula is C23H26N4O4. The number of pyridine rings is 1. The van der Waals surface area contributed by atoms with Gasteiger partial charge in [-0.3, -0.25) is 9.59 Å². The summed E-state index contributed by atoms with van der Waals surface area (Å²) >= 11 is 0. The van der Waals surface area contributed by atoms with Crippen molar-refractivity contribution in [2.24, 2.45) is 0 Å². The molecule has 0 unspecified atom stereocenters. The minimum absolute atomic E-state index is 0.323. The second kappa shape index (κ2) is 10.7. The largest absolute Gasteiger partial charge is 0.391 e. The van der Waals surface area contributed by atoms with Crippen molar-refractivity contribution in [1.29, 1.82) is 0 Å². The number of anilines is 1. The van der Waals surface area contributed by atoms with E-state index in [9.17, 15) is 14.7 Å². The molecule has 1 aromatic carbocycles. The summed E-state index contributed by atoms with van der Waals surface area (Å²) in [5, 5.41) is 24.4. The van der Waals surface area contributed by atoms with E-state index in [1.54, 1.807) is 30.5 Å². The number of aromatic nitrogens is 1. The number of nitrogens with one attached hydrogen (secondary N) is 2. The van der Waals surface area contributed by atoms with E-state index in [1.165, 1.54) is 6.92 Å². The fourth-order valence-corrected chi connectivity index (χ4v) is 3.18. The van der Waals surface area contributed by atoms with Crippen LogP contribution in [0.4, 0.5) is 5.82 Å². The molecule has 0 aliphatic carbocycles. The number of carbonyl (C=O) groups excluding carboxylic acids is 2. The minimum atomic E-state index is -1.16. The zero-order chi connectivity index (χ0) is 22.2. The SMILES string of the molecule is C[C@@H](O)[C@H](NC(=O)c1ccc(C#Cc2ccc(N3CCNCC3)nc2)cc1)C(=O)CO. The molecule has 0 spiro atoms. The molecule has 1 saturated heterocycles. The molecule has 0 saturated carbocycles. The average Bonchev–Trinajstić information content (AvgIpc) is 2.81. The van der Waals surface area contributed by atoms with Gasteiger partial charge in [-0.25, -0.2) is 4.98 Å². The number of hydrogen-bond donors (Lipinski definition) is 4. The van der Waals surface area contributed by atoms with E-state index in [0.29, 0.717) is 5.56 Å². The predicted octanol–water partition coefficient (Wildman–Crippen LogP) is -0.0684. The van der Waals surface area contributed by atoms with Crippen LogP contribution in [0.1, 0.15) is 28.4 Å². The van der Waals surface area contributed by atoms with Gasteiger partial charge in [0.05, 0.1) is 6.10 Å². The Labute approximate surface area is 181 Å². The van der Waals surface area contributed by atoms with Crippen molar-refractivity contribution in [2.45, 2.75) is 19.1 Å². The van der Waals surface area contributed by atoms with Crippen LogP contribution in [0.15, 0.2) is 42.6 Å². The van der Waals surface area contributed by atoms with Crippen LogP contribution in [0.2, 0.25) is 0 Å². The van der Waals surface area contributed by atoms with Gasteiger partial charge in [-0.15, -0.1) is 0 Å². The topological polar surface area (TPSA) is 115 Å². The first-order valence-electron chi connectivity index (χ1n) is 10.1. The third-order valence-corrected chi connectivity index (χ3v) is 4.96. The summed E-state index contributed by atoms with van der Waals surface area (Å²) in [6.45, 7) is 4.40. The molecule has 162 valence electrons. The number of nitrogens with zero attached hydrogens (tertiary/aromatic N) is 2. The lowest BCUT2D eigenvalue weighted by molar-refractivity contribution is -0.125. The van der Waals surface area contributed by atoms with Gasteiger partial charge in [0, 0.05) is 49.1 Å². The number of carbonyl (C=O) groups is 2. The van der Waals surface area contributed by atoms with Gasteiger partial charge in [-0.05, 0) is 43.3 Å². The van der Waals surface area contributed by atoms with Crippen molar-refractivity contribution in [3.8, 4) is 11.8 Å². The molecule has 1 aliphatic heterocycles. The van der Waals surface area contributed by atoms with E-state index in [2.05, 4.69) is 32.4 Å². The summed E-state index contributed by atoms with van der Waals surface area (Å²) in [7, 11) is 0. The van der Waals surface area contributed by atoms with E-state index >= 15 is 0 Å². The van der Waals surface area contributed by atoms with Crippen LogP contribution in [-0.2, 0) is 4.79 Å². The summed E-state index contributed by atoms with van der Waals surface area (Å²) in [5.74, 6) is 5.88. The zero-order valence-corrected chi connectivity index (χ0v) is 17.3. The molecule has 2 aromatic rings. The van der Waals surface area contributed by atoms with Gasteiger partial charge in [0.25, 0.3) is 5.91 Å². The maximum absolute atomic E-state index is 12.3. The van der Waals surface area contributed by atoms with Gasteiger partial charge in [-0.2, -0.15) is 0 Å². The number of aliphatic hydroxyl groups is 2. The van der Waals surface area contributed by atoms with Crippen LogP contribution in [0.5, 0.6) is 0 Å². The molecule has 8 heteroatoms. The summed E-state index contributed by atoms with van der Waals surface area (Å²) in [5.41, 5.74) is 1.84. The van der Waals surface area contributed by atoms with Gasteiger partial charge < -0.3 is 25.7 Å². The number of benzene rings is 1. The Hall–Kier alpha value is -3.25. The van der Waals surface area contributed by atoms with Gasteiger partial charge in [0.1, 0.15) is 18.5 Å². The van der Waals surface area contributed by atoms with Crippen LogP contribution >= 0.6 is 0 Å². The third kappa shape index (κ3) is 6.12. The quantitative estimate of drug-likeness (QED) is 0.482. The first-order valence-corrected chi connectivity index (χ1v) is 10.1. The summed E-state index contributed by atoms with van der Waals surface area (Å²) in [4.78, 5) is 30.7. The predicted molar refractivity (Wildman–Crippen MR) is 117 cm³/mol. The Morgan fingerprint density at radius 1 is 1.13 bits per heavy atom. The highest BCUT2D eigenvalue weighted by atomic mass is 16.3. The number of ketones is 1. The summed E-state index contributed by atoms with van der Waals surface area (Å²) in [6, 6.07) is 9.34. The van der Waals surface area contributed by atoms with Crippen LogP contribution in [0.3, 0.4) is 0 Å². The first-order chi connectivity index (χ1) is 15.0. The molecule has 8 nitrogen and oxygen atoms in total. The normalized spacial score (nSPS) is 15.4. The fourth-order valence-electron chi connectivity index (χ4n) is 3.18. The molecule has 1 fully saturated rings. The maximum atomic E-state index is 12.3. The summed E-state index contributed by atoms with van der Waals surface area (Å²) in [6.07, 6.45) is 0.640. The molecule has 3 rings (SSSR count). The van der Waals surface area contributed by atoms with Crippen molar-refractivity contribution >= 4 is 17.5 Å². The number of Topliss-reactive ketones (excluding diaryl/α,β-unsaturated/α-hetero) is 1.